The van der Waals surface area contributed by atoms with Crippen LogP contribution in [0.5, 0.6) is 0 Å². The van der Waals surface area contributed by atoms with E-state index in [2.05, 4.69) is 6.92 Å². The molecule has 2 N–H and O–H groups in total. The van der Waals surface area contributed by atoms with Gasteiger partial charge in [-0.15, -0.1) is 0 Å². The molecule has 0 radical (unpaired) electrons. The molecule has 84 valence electrons. The van der Waals surface area contributed by atoms with Gasteiger partial charge in [-0.25, -0.2) is 0 Å². The average molecular weight is 246 g/mol. The monoisotopic (exact) mass is 245 g/mol. The van der Waals surface area contributed by atoms with Crippen LogP contribution >= 0.6 is 11.6 Å². The van der Waals surface area contributed by atoms with Crippen LogP contribution < -0.4 is 5.73 Å². The highest BCUT2D eigenvalue weighted by molar-refractivity contribution is 7.85. The molecular formula is C11H16ClNOS. The Kier molecular flexibility index (Phi) is 4.61. The summed E-state index contributed by atoms with van der Waals surface area (Å²) in [6.07, 6.45) is 1.99. The number of halogens is 1. The van der Waals surface area contributed by atoms with E-state index in [-0.39, 0.29) is 5.25 Å². The third-order valence-corrected chi connectivity index (χ3v) is 4.28. The van der Waals surface area contributed by atoms with Crippen molar-refractivity contribution in [2.24, 2.45) is 0 Å². The topological polar surface area (TPSA) is 43.1 Å². The van der Waals surface area contributed by atoms with Crippen LogP contribution in [0.25, 0.3) is 0 Å². The van der Waals surface area contributed by atoms with E-state index in [1.807, 2.05) is 6.92 Å². The summed E-state index contributed by atoms with van der Waals surface area (Å²) in [7, 11) is -0.987. The van der Waals surface area contributed by atoms with Crippen LogP contribution in [0.15, 0.2) is 23.1 Å². The van der Waals surface area contributed by atoms with Gasteiger partial charge in [0, 0.05) is 10.1 Å². The van der Waals surface area contributed by atoms with Gasteiger partial charge in [-0.3, -0.25) is 4.21 Å². The van der Waals surface area contributed by atoms with Crippen molar-refractivity contribution in [3.05, 3.63) is 23.2 Å². The van der Waals surface area contributed by atoms with Crippen LogP contribution in [-0.2, 0) is 10.8 Å². The molecule has 0 fully saturated rings. The van der Waals surface area contributed by atoms with Gasteiger partial charge in [0.25, 0.3) is 0 Å². The number of nitrogen functional groups attached to an aromatic ring is 1. The van der Waals surface area contributed by atoms with Crippen molar-refractivity contribution in [2.45, 2.75) is 36.8 Å². The maximum atomic E-state index is 12.0. The molecule has 1 aromatic rings. The highest BCUT2D eigenvalue weighted by atomic mass is 35.5. The second kappa shape index (κ2) is 5.52. The lowest BCUT2D eigenvalue weighted by atomic mass is 10.3. The van der Waals surface area contributed by atoms with E-state index in [1.165, 1.54) is 0 Å². The quantitative estimate of drug-likeness (QED) is 0.828. The normalized spacial score (nSPS) is 14.9. The first kappa shape index (κ1) is 12.5. The molecule has 0 heterocycles. The number of hydrogen-bond acceptors (Lipinski definition) is 2. The first-order valence-corrected chi connectivity index (χ1v) is 6.61. The Hall–Kier alpha value is -0.540. The SMILES string of the molecule is CCCC(C)S(=O)c1ccc(N)c(Cl)c1. The summed E-state index contributed by atoms with van der Waals surface area (Å²) in [5, 5.41) is 0.638. The van der Waals surface area contributed by atoms with Crippen LogP contribution in [0.4, 0.5) is 5.69 Å². The van der Waals surface area contributed by atoms with Gasteiger partial charge < -0.3 is 5.73 Å². The lowest BCUT2D eigenvalue weighted by molar-refractivity contribution is 0.662. The molecule has 1 aromatic carbocycles. The first-order chi connectivity index (χ1) is 7.06. The van der Waals surface area contributed by atoms with Crippen LogP contribution in [-0.4, -0.2) is 9.46 Å². The van der Waals surface area contributed by atoms with Gasteiger partial charge in [0.1, 0.15) is 0 Å². The molecule has 0 saturated heterocycles. The summed E-state index contributed by atoms with van der Waals surface area (Å²) >= 11 is 5.88. The van der Waals surface area contributed by atoms with Gasteiger partial charge in [-0.1, -0.05) is 31.9 Å². The maximum Gasteiger partial charge on any atom is 0.0647 e. The maximum absolute atomic E-state index is 12.0. The fourth-order valence-corrected chi connectivity index (χ4v) is 2.97. The molecule has 2 atom stereocenters. The van der Waals surface area contributed by atoms with Crippen LogP contribution in [0, 0.1) is 0 Å². The standard InChI is InChI=1S/C11H16ClNOS/c1-3-4-8(2)15(14)9-5-6-11(13)10(12)7-9/h5-8H,3-4,13H2,1-2H3. The molecule has 0 aromatic heterocycles. The predicted octanol–water partition coefficient (Wildman–Crippen LogP) is 3.22. The zero-order chi connectivity index (χ0) is 11.4. The Bertz CT molecular complexity index is 368. The van der Waals surface area contributed by atoms with Gasteiger partial charge in [-0.05, 0) is 24.6 Å². The van der Waals surface area contributed by atoms with Crippen molar-refractivity contribution >= 4 is 28.1 Å². The average Bonchev–Trinajstić information content (AvgIpc) is 2.21. The summed E-state index contributed by atoms with van der Waals surface area (Å²) in [4.78, 5) is 0.759. The zero-order valence-electron chi connectivity index (χ0n) is 9.00. The minimum atomic E-state index is -0.987. The Morgan fingerprint density at radius 3 is 2.73 bits per heavy atom. The van der Waals surface area contributed by atoms with E-state index in [1.54, 1.807) is 18.2 Å². The van der Waals surface area contributed by atoms with Gasteiger partial charge in [0.05, 0.1) is 21.5 Å². The molecule has 0 aliphatic carbocycles. The summed E-state index contributed by atoms with van der Waals surface area (Å²) in [5.74, 6) is 0. The Morgan fingerprint density at radius 1 is 1.53 bits per heavy atom. The molecule has 4 heteroatoms. The second-order valence-electron chi connectivity index (χ2n) is 3.58. The lowest BCUT2D eigenvalue weighted by Crippen LogP contribution is -2.10. The second-order valence-corrected chi connectivity index (χ2v) is 5.86. The van der Waals surface area contributed by atoms with Crippen molar-refractivity contribution in [1.82, 2.24) is 0 Å². The number of rotatable bonds is 4. The third-order valence-electron chi connectivity index (χ3n) is 2.26. The molecular weight excluding hydrogens is 230 g/mol. The van der Waals surface area contributed by atoms with E-state index in [0.29, 0.717) is 10.7 Å². The van der Waals surface area contributed by atoms with E-state index in [0.717, 1.165) is 17.7 Å². The van der Waals surface area contributed by atoms with Gasteiger partial charge >= 0.3 is 0 Å². The molecule has 0 bridgehead atoms. The van der Waals surface area contributed by atoms with Crippen LogP contribution in [0.1, 0.15) is 26.7 Å². The van der Waals surface area contributed by atoms with Crippen LogP contribution in [0.2, 0.25) is 5.02 Å². The molecule has 2 unspecified atom stereocenters. The fourth-order valence-electron chi connectivity index (χ4n) is 1.38. The van der Waals surface area contributed by atoms with Crippen molar-refractivity contribution in [3.63, 3.8) is 0 Å². The zero-order valence-corrected chi connectivity index (χ0v) is 10.6. The molecule has 0 aliphatic heterocycles. The summed E-state index contributed by atoms with van der Waals surface area (Å²) in [6.45, 7) is 4.08. The Balaban J connectivity index is 2.87. The molecule has 1 rings (SSSR count). The van der Waals surface area contributed by atoms with Crippen molar-refractivity contribution in [2.75, 3.05) is 5.73 Å². The van der Waals surface area contributed by atoms with Crippen LogP contribution in [0.3, 0.4) is 0 Å². The van der Waals surface area contributed by atoms with E-state index in [4.69, 9.17) is 17.3 Å². The molecule has 0 saturated carbocycles. The number of anilines is 1. The summed E-state index contributed by atoms with van der Waals surface area (Å²) in [6, 6.07) is 5.18. The molecule has 0 amide bonds. The fraction of sp³-hybridized carbons (Fsp3) is 0.455. The van der Waals surface area contributed by atoms with Crippen molar-refractivity contribution in [1.29, 1.82) is 0 Å². The van der Waals surface area contributed by atoms with E-state index in [9.17, 15) is 4.21 Å². The van der Waals surface area contributed by atoms with E-state index < -0.39 is 10.8 Å². The highest BCUT2D eigenvalue weighted by Gasteiger charge is 2.13. The first-order valence-electron chi connectivity index (χ1n) is 5.01. The molecule has 2 nitrogen and oxygen atoms in total. The lowest BCUT2D eigenvalue weighted by Gasteiger charge is -2.10. The van der Waals surface area contributed by atoms with E-state index >= 15 is 0 Å². The Morgan fingerprint density at radius 2 is 2.20 bits per heavy atom. The minimum absolute atomic E-state index is 0.162. The Labute approximate surface area is 98.3 Å². The number of hydrogen-bond donors (Lipinski definition) is 1. The number of benzene rings is 1. The highest BCUT2D eigenvalue weighted by Crippen LogP contribution is 2.23. The van der Waals surface area contributed by atoms with Crippen molar-refractivity contribution < 1.29 is 4.21 Å². The summed E-state index contributed by atoms with van der Waals surface area (Å²) in [5.41, 5.74) is 6.12. The molecule has 0 aliphatic rings. The smallest absolute Gasteiger partial charge is 0.0647 e. The molecule has 15 heavy (non-hydrogen) atoms. The van der Waals surface area contributed by atoms with Gasteiger partial charge in [0.2, 0.25) is 0 Å². The third kappa shape index (κ3) is 3.21. The number of nitrogens with two attached hydrogens (primary N) is 1. The summed E-state index contributed by atoms with van der Waals surface area (Å²) < 4.78 is 12.0. The largest absolute Gasteiger partial charge is 0.398 e. The molecule has 0 spiro atoms. The van der Waals surface area contributed by atoms with Crippen molar-refractivity contribution in [3.8, 4) is 0 Å². The van der Waals surface area contributed by atoms with Gasteiger partial charge in [-0.2, -0.15) is 0 Å². The van der Waals surface area contributed by atoms with Gasteiger partial charge in [0.15, 0.2) is 0 Å². The predicted molar refractivity (Wildman–Crippen MR) is 66.6 cm³/mol. The minimum Gasteiger partial charge on any atom is -0.398 e.